The number of rotatable bonds is 4. The van der Waals surface area contributed by atoms with Crippen LogP contribution >= 0.6 is 0 Å². The van der Waals surface area contributed by atoms with Crippen LogP contribution in [0.1, 0.15) is 31.9 Å². The first-order chi connectivity index (χ1) is 10.8. The number of ether oxygens (including phenoxy) is 1. The molecule has 0 aliphatic heterocycles. The van der Waals surface area contributed by atoms with Gasteiger partial charge in [-0.05, 0) is 38.5 Å². The molecule has 0 bridgehead atoms. The van der Waals surface area contributed by atoms with E-state index in [2.05, 4.69) is 0 Å². The number of hydrogen-bond donors (Lipinski definition) is 1. The van der Waals surface area contributed by atoms with Gasteiger partial charge < -0.3 is 9.84 Å². The maximum absolute atomic E-state index is 12.5. The second-order valence-electron chi connectivity index (χ2n) is 6.34. The second-order valence-corrected chi connectivity index (χ2v) is 6.34. The Hall–Kier alpha value is -2.25. The maximum Gasteiger partial charge on any atom is 0.416 e. The number of aliphatic carboxylic acids is 1. The first kappa shape index (κ1) is 19.8. The standard InChI is InChI=1S/C16H20F3NO4/c1-15(2,3)24-14(23)20(4)12(13(21)22)9-10-5-7-11(8-6-10)16(17,18)19/h5-8,12H,9H2,1-4H3,(H,21,22)/t12-/m0/s1. The molecule has 0 aromatic heterocycles. The lowest BCUT2D eigenvalue weighted by Crippen LogP contribution is -2.46. The number of amides is 1. The van der Waals surface area contributed by atoms with Gasteiger partial charge in [0.25, 0.3) is 0 Å². The number of benzene rings is 1. The average molecular weight is 347 g/mol. The largest absolute Gasteiger partial charge is 0.480 e. The minimum absolute atomic E-state index is 0.136. The Bertz CT molecular complexity index is 591. The Morgan fingerprint density at radius 2 is 1.67 bits per heavy atom. The summed E-state index contributed by atoms with van der Waals surface area (Å²) in [4.78, 5) is 24.3. The number of nitrogens with zero attached hydrogens (tertiary/aromatic N) is 1. The highest BCUT2D eigenvalue weighted by Gasteiger charge is 2.32. The fourth-order valence-electron chi connectivity index (χ4n) is 1.90. The number of halogens is 3. The predicted molar refractivity (Wildman–Crippen MR) is 80.6 cm³/mol. The van der Waals surface area contributed by atoms with Gasteiger partial charge in [-0.15, -0.1) is 0 Å². The van der Waals surface area contributed by atoms with Crippen LogP contribution in [0.4, 0.5) is 18.0 Å². The van der Waals surface area contributed by atoms with Gasteiger partial charge in [0.1, 0.15) is 11.6 Å². The zero-order valence-electron chi connectivity index (χ0n) is 13.8. The van der Waals surface area contributed by atoms with Crippen molar-refractivity contribution < 1.29 is 32.6 Å². The topological polar surface area (TPSA) is 66.8 Å². The molecule has 0 radical (unpaired) electrons. The van der Waals surface area contributed by atoms with Crippen molar-refractivity contribution in [3.05, 3.63) is 35.4 Å². The van der Waals surface area contributed by atoms with E-state index >= 15 is 0 Å². The quantitative estimate of drug-likeness (QED) is 0.904. The highest BCUT2D eigenvalue weighted by Crippen LogP contribution is 2.29. The minimum atomic E-state index is -4.46. The zero-order chi connectivity index (χ0) is 18.7. The number of likely N-dealkylation sites (N-methyl/N-ethyl adjacent to an activating group) is 1. The summed E-state index contributed by atoms with van der Waals surface area (Å²) in [5, 5.41) is 9.31. The van der Waals surface area contributed by atoms with Crippen LogP contribution in [0.15, 0.2) is 24.3 Å². The lowest BCUT2D eigenvalue weighted by Gasteiger charge is -2.28. The van der Waals surface area contributed by atoms with E-state index in [0.29, 0.717) is 5.56 Å². The van der Waals surface area contributed by atoms with Crippen LogP contribution in [0.3, 0.4) is 0 Å². The van der Waals surface area contributed by atoms with Crippen molar-refractivity contribution in [3.8, 4) is 0 Å². The first-order valence-electron chi connectivity index (χ1n) is 7.16. The number of carbonyl (C=O) groups excluding carboxylic acids is 1. The first-order valence-corrected chi connectivity index (χ1v) is 7.16. The Labute approximate surface area is 138 Å². The smallest absolute Gasteiger partial charge is 0.416 e. The van der Waals surface area contributed by atoms with Crippen LogP contribution in [0.2, 0.25) is 0 Å². The molecule has 1 atom stereocenters. The van der Waals surface area contributed by atoms with Crippen molar-refractivity contribution in [2.45, 2.75) is 45.0 Å². The summed E-state index contributed by atoms with van der Waals surface area (Å²) in [5.74, 6) is -1.27. The SMILES string of the molecule is CN(C(=O)OC(C)(C)C)[C@@H](Cc1ccc(C(F)(F)F)cc1)C(=O)O. The van der Waals surface area contributed by atoms with Crippen molar-refractivity contribution in [2.75, 3.05) is 7.05 Å². The minimum Gasteiger partial charge on any atom is -0.480 e. The fourth-order valence-corrected chi connectivity index (χ4v) is 1.90. The van der Waals surface area contributed by atoms with Crippen molar-refractivity contribution in [1.82, 2.24) is 4.90 Å². The van der Waals surface area contributed by atoms with Gasteiger partial charge in [0.2, 0.25) is 0 Å². The van der Waals surface area contributed by atoms with Gasteiger partial charge in [-0.2, -0.15) is 13.2 Å². The summed E-state index contributed by atoms with van der Waals surface area (Å²) in [6, 6.07) is 2.89. The van der Waals surface area contributed by atoms with E-state index in [-0.39, 0.29) is 6.42 Å². The van der Waals surface area contributed by atoms with E-state index in [1.165, 1.54) is 19.2 Å². The summed E-state index contributed by atoms with van der Waals surface area (Å²) in [7, 11) is 1.27. The van der Waals surface area contributed by atoms with Crippen LogP contribution < -0.4 is 0 Å². The van der Waals surface area contributed by atoms with Gasteiger partial charge in [0.05, 0.1) is 5.56 Å². The molecule has 1 N–H and O–H groups in total. The van der Waals surface area contributed by atoms with E-state index in [4.69, 9.17) is 4.74 Å². The maximum atomic E-state index is 12.5. The molecule has 1 rings (SSSR count). The van der Waals surface area contributed by atoms with Crippen molar-refractivity contribution in [2.24, 2.45) is 0 Å². The molecule has 5 nitrogen and oxygen atoms in total. The molecule has 1 aromatic carbocycles. The van der Waals surface area contributed by atoms with Crippen LogP contribution in [0, 0.1) is 0 Å². The van der Waals surface area contributed by atoms with Gasteiger partial charge in [0, 0.05) is 13.5 Å². The highest BCUT2D eigenvalue weighted by molar-refractivity contribution is 5.80. The van der Waals surface area contributed by atoms with Crippen molar-refractivity contribution in [3.63, 3.8) is 0 Å². The molecule has 0 heterocycles. The van der Waals surface area contributed by atoms with Crippen LogP contribution in [-0.2, 0) is 22.1 Å². The van der Waals surface area contributed by atoms with Gasteiger partial charge in [-0.3, -0.25) is 4.90 Å². The monoisotopic (exact) mass is 347 g/mol. The zero-order valence-corrected chi connectivity index (χ0v) is 13.8. The van der Waals surface area contributed by atoms with Gasteiger partial charge in [0.15, 0.2) is 0 Å². The molecule has 24 heavy (non-hydrogen) atoms. The lowest BCUT2D eigenvalue weighted by atomic mass is 10.0. The van der Waals surface area contributed by atoms with Gasteiger partial charge in [-0.25, -0.2) is 9.59 Å². The summed E-state index contributed by atoms with van der Waals surface area (Å²) < 4.78 is 42.7. The predicted octanol–water partition coefficient (Wildman–Crippen LogP) is 3.57. The summed E-state index contributed by atoms with van der Waals surface area (Å²) in [6.07, 6.45) is -5.41. The molecule has 0 saturated heterocycles. The van der Waals surface area contributed by atoms with Gasteiger partial charge in [-0.1, -0.05) is 12.1 Å². The Balaban J connectivity index is 2.90. The van der Waals surface area contributed by atoms with Crippen LogP contribution in [0.5, 0.6) is 0 Å². The van der Waals surface area contributed by atoms with E-state index in [1.807, 2.05) is 0 Å². The third-order valence-electron chi connectivity index (χ3n) is 3.14. The third-order valence-corrected chi connectivity index (χ3v) is 3.14. The molecule has 0 aliphatic carbocycles. The Morgan fingerprint density at radius 3 is 2.04 bits per heavy atom. The average Bonchev–Trinajstić information content (AvgIpc) is 2.41. The number of alkyl halides is 3. The molecule has 0 unspecified atom stereocenters. The molecule has 0 fully saturated rings. The Morgan fingerprint density at radius 1 is 1.17 bits per heavy atom. The molecule has 0 aliphatic rings. The number of carboxylic acid groups (broad SMARTS) is 1. The molecule has 0 saturated carbocycles. The van der Waals surface area contributed by atoms with Gasteiger partial charge >= 0.3 is 18.2 Å². The molecule has 0 spiro atoms. The molecular weight excluding hydrogens is 327 g/mol. The van der Waals surface area contributed by atoms with Crippen molar-refractivity contribution in [1.29, 1.82) is 0 Å². The summed E-state index contributed by atoms with van der Waals surface area (Å²) in [5.41, 5.74) is -1.24. The van der Waals surface area contributed by atoms with E-state index in [9.17, 15) is 27.9 Å². The number of carboxylic acids is 1. The summed E-state index contributed by atoms with van der Waals surface area (Å²) >= 11 is 0. The van der Waals surface area contributed by atoms with E-state index in [1.54, 1.807) is 20.8 Å². The third kappa shape index (κ3) is 5.75. The van der Waals surface area contributed by atoms with E-state index in [0.717, 1.165) is 17.0 Å². The summed E-state index contributed by atoms with van der Waals surface area (Å²) in [6.45, 7) is 4.93. The molecular formula is C16H20F3NO4. The van der Waals surface area contributed by atoms with Crippen LogP contribution in [0.25, 0.3) is 0 Å². The number of carbonyl (C=O) groups is 2. The van der Waals surface area contributed by atoms with E-state index < -0.39 is 35.4 Å². The number of hydrogen-bond acceptors (Lipinski definition) is 3. The molecule has 134 valence electrons. The van der Waals surface area contributed by atoms with Crippen molar-refractivity contribution >= 4 is 12.1 Å². The van der Waals surface area contributed by atoms with Crippen LogP contribution in [-0.4, -0.2) is 40.8 Å². The molecule has 1 aromatic rings. The normalized spacial score (nSPS) is 13.3. The molecule has 1 amide bonds. The Kier molecular flexibility index (Phi) is 5.86. The molecule has 8 heteroatoms. The lowest BCUT2D eigenvalue weighted by molar-refractivity contribution is -0.142. The highest BCUT2D eigenvalue weighted by atomic mass is 19.4. The fraction of sp³-hybridized carbons (Fsp3) is 0.500. The second kappa shape index (κ2) is 7.11.